The molecule has 0 N–H and O–H groups in total. The van der Waals surface area contributed by atoms with Gasteiger partial charge < -0.3 is 0 Å². The highest BCUT2D eigenvalue weighted by molar-refractivity contribution is 6.02. The van der Waals surface area contributed by atoms with Gasteiger partial charge in [-0.3, -0.25) is 24.5 Å². The lowest BCUT2D eigenvalue weighted by Gasteiger charge is -2.15. The number of rotatable bonds is 5. The van der Waals surface area contributed by atoms with Gasteiger partial charge in [-0.15, -0.1) is 0 Å². The number of hydrogen-bond acceptors (Lipinski definition) is 4. The van der Waals surface area contributed by atoms with Crippen LogP contribution in [0.15, 0.2) is 53.5 Å². The summed E-state index contributed by atoms with van der Waals surface area (Å²) in [5, 5.41) is 0.905. The van der Waals surface area contributed by atoms with E-state index in [9.17, 15) is 14.0 Å². The molecule has 1 aromatic heterocycles. The molecule has 0 atom stereocenters. The van der Waals surface area contributed by atoms with Crippen molar-refractivity contribution in [3.05, 3.63) is 65.6 Å². The molecule has 1 aliphatic heterocycles. The monoisotopic (exact) mass is 375 g/mol. The minimum absolute atomic E-state index is 0.144. The van der Waals surface area contributed by atoms with Gasteiger partial charge in [0.2, 0.25) is 11.8 Å². The first kappa shape index (κ1) is 18.0. The Morgan fingerprint density at radius 1 is 1.04 bits per heavy atom. The number of carbonyl (C=O) groups is 2. The zero-order valence-electron chi connectivity index (χ0n) is 15.2. The van der Waals surface area contributed by atoms with Crippen LogP contribution < -0.4 is 0 Å². The normalized spacial score (nSPS) is 14.1. The van der Waals surface area contributed by atoms with Crippen molar-refractivity contribution in [2.45, 2.75) is 25.9 Å². The van der Waals surface area contributed by atoms with Crippen molar-refractivity contribution >= 4 is 29.4 Å². The summed E-state index contributed by atoms with van der Waals surface area (Å²) in [6, 6.07) is 13.9. The number of pyridine rings is 1. The second kappa shape index (κ2) is 7.31. The van der Waals surface area contributed by atoms with Crippen LogP contribution in [0.25, 0.3) is 22.0 Å². The molecule has 0 saturated carbocycles. The lowest BCUT2D eigenvalue weighted by molar-refractivity contribution is -0.139. The molecule has 2 aromatic carbocycles. The molecule has 4 rings (SSSR count). The van der Waals surface area contributed by atoms with Gasteiger partial charge in [-0.1, -0.05) is 24.3 Å². The van der Waals surface area contributed by atoms with Crippen molar-refractivity contribution in [1.29, 1.82) is 0 Å². The Hall–Kier alpha value is -3.41. The number of benzene rings is 2. The Kier molecular flexibility index (Phi) is 4.69. The Morgan fingerprint density at radius 2 is 1.75 bits per heavy atom. The maximum absolute atomic E-state index is 13.3. The van der Waals surface area contributed by atoms with Crippen LogP contribution in [0, 0.1) is 5.82 Å². The third-order valence-electron chi connectivity index (χ3n) is 4.85. The summed E-state index contributed by atoms with van der Waals surface area (Å²) < 4.78 is 13.3. The van der Waals surface area contributed by atoms with Gasteiger partial charge in [0.05, 0.1) is 24.3 Å². The number of imide groups is 1. The van der Waals surface area contributed by atoms with Crippen LogP contribution in [0.5, 0.6) is 0 Å². The van der Waals surface area contributed by atoms with Gasteiger partial charge >= 0.3 is 0 Å². The molecular weight excluding hydrogens is 357 g/mol. The summed E-state index contributed by atoms with van der Waals surface area (Å²) in [7, 11) is 0. The number of nitrogens with zero attached hydrogens (tertiary/aromatic N) is 3. The summed E-state index contributed by atoms with van der Waals surface area (Å²) >= 11 is 0. The molecular formula is C22H18FN3O2. The molecule has 0 spiro atoms. The fourth-order valence-corrected chi connectivity index (χ4v) is 3.47. The molecule has 1 saturated heterocycles. The van der Waals surface area contributed by atoms with Gasteiger partial charge in [0.25, 0.3) is 0 Å². The van der Waals surface area contributed by atoms with Gasteiger partial charge in [0, 0.05) is 18.2 Å². The smallest absolute Gasteiger partial charge is 0.229 e. The molecule has 2 amide bonds. The SMILES string of the molecule is C=NCc1cc(-c2ccc(F)cc2)c2ccc(CN3C(=O)CCC3=O)cc2n1. The van der Waals surface area contributed by atoms with Crippen LogP contribution in [0.4, 0.5) is 4.39 Å². The van der Waals surface area contributed by atoms with Crippen molar-refractivity contribution < 1.29 is 14.0 Å². The molecule has 0 unspecified atom stereocenters. The average Bonchev–Trinajstić information content (AvgIpc) is 3.00. The highest BCUT2D eigenvalue weighted by atomic mass is 19.1. The van der Waals surface area contributed by atoms with E-state index in [0.717, 1.165) is 33.3 Å². The third kappa shape index (κ3) is 3.41. The van der Waals surface area contributed by atoms with Crippen molar-refractivity contribution in [1.82, 2.24) is 9.88 Å². The van der Waals surface area contributed by atoms with E-state index in [4.69, 9.17) is 0 Å². The van der Waals surface area contributed by atoms with Crippen LogP contribution in [0.3, 0.4) is 0 Å². The van der Waals surface area contributed by atoms with Crippen LogP contribution in [0.2, 0.25) is 0 Å². The molecule has 140 valence electrons. The number of fused-ring (bicyclic) bond motifs is 1. The molecule has 5 nitrogen and oxygen atoms in total. The van der Waals surface area contributed by atoms with Gasteiger partial charge in [0.1, 0.15) is 5.82 Å². The Labute approximate surface area is 161 Å². The lowest BCUT2D eigenvalue weighted by atomic mass is 9.98. The van der Waals surface area contributed by atoms with E-state index in [1.165, 1.54) is 17.0 Å². The number of aliphatic imine (C=N–C) groups is 1. The summed E-state index contributed by atoms with van der Waals surface area (Å²) in [6.45, 7) is 4.13. The van der Waals surface area contributed by atoms with Crippen LogP contribution >= 0.6 is 0 Å². The Bertz CT molecular complexity index is 1080. The van der Waals surface area contributed by atoms with E-state index in [1.54, 1.807) is 12.1 Å². The third-order valence-corrected chi connectivity index (χ3v) is 4.85. The number of amides is 2. The molecule has 1 aliphatic rings. The first-order valence-electron chi connectivity index (χ1n) is 8.99. The molecule has 6 heteroatoms. The summed E-state index contributed by atoms with van der Waals surface area (Å²) in [5.41, 5.74) is 4.10. The highest BCUT2D eigenvalue weighted by Crippen LogP contribution is 2.30. The summed E-state index contributed by atoms with van der Waals surface area (Å²) in [5.74, 6) is -0.582. The van der Waals surface area contributed by atoms with E-state index < -0.39 is 0 Å². The average molecular weight is 375 g/mol. The second-order valence-electron chi connectivity index (χ2n) is 6.77. The van der Waals surface area contributed by atoms with Gasteiger partial charge in [-0.2, -0.15) is 0 Å². The van der Waals surface area contributed by atoms with Crippen molar-refractivity contribution in [3.8, 4) is 11.1 Å². The molecule has 1 fully saturated rings. The molecule has 2 heterocycles. The van der Waals surface area contributed by atoms with Crippen molar-refractivity contribution in [2.24, 2.45) is 4.99 Å². The fourth-order valence-electron chi connectivity index (χ4n) is 3.47. The molecule has 28 heavy (non-hydrogen) atoms. The van der Waals surface area contributed by atoms with Gasteiger partial charge in [-0.05, 0) is 47.7 Å². The van der Waals surface area contributed by atoms with Gasteiger partial charge in [-0.25, -0.2) is 4.39 Å². The first-order chi connectivity index (χ1) is 13.5. The lowest BCUT2D eigenvalue weighted by Crippen LogP contribution is -2.28. The zero-order valence-corrected chi connectivity index (χ0v) is 15.2. The minimum Gasteiger partial charge on any atom is -0.295 e. The van der Waals surface area contributed by atoms with E-state index in [0.29, 0.717) is 6.54 Å². The Balaban J connectivity index is 1.79. The van der Waals surface area contributed by atoms with Crippen LogP contribution in [-0.2, 0) is 22.7 Å². The Morgan fingerprint density at radius 3 is 2.43 bits per heavy atom. The first-order valence-corrected chi connectivity index (χ1v) is 8.99. The second-order valence-corrected chi connectivity index (χ2v) is 6.77. The predicted octanol–water partition coefficient (Wildman–Crippen LogP) is 3.89. The fraction of sp³-hybridized carbons (Fsp3) is 0.182. The standard InChI is InChI=1S/C22H18FN3O2/c1-24-12-17-11-19(15-3-5-16(23)6-4-15)18-7-2-14(10-20(18)25-17)13-26-21(27)8-9-22(26)28/h2-7,10-11H,1,8-9,12-13H2. The van der Waals surface area contributed by atoms with E-state index in [1.807, 2.05) is 24.3 Å². The number of aromatic nitrogens is 1. The summed E-state index contributed by atoms with van der Waals surface area (Å²) in [6.07, 6.45) is 0.545. The quantitative estimate of drug-likeness (QED) is 0.502. The van der Waals surface area contributed by atoms with E-state index in [2.05, 4.69) is 16.7 Å². The molecule has 0 radical (unpaired) electrons. The van der Waals surface area contributed by atoms with E-state index >= 15 is 0 Å². The molecule has 0 aliphatic carbocycles. The molecule has 0 bridgehead atoms. The van der Waals surface area contributed by atoms with E-state index in [-0.39, 0.29) is 37.0 Å². The maximum atomic E-state index is 13.3. The van der Waals surface area contributed by atoms with Crippen molar-refractivity contribution in [3.63, 3.8) is 0 Å². The van der Waals surface area contributed by atoms with Crippen molar-refractivity contribution in [2.75, 3.05) is 0 Å². The predicted molar refractivity (Wildman–Crippen MR) is 105 cm³/mol. The number of likely N-dealkylation sites (tertiary alicyclic amines) is 1. The minimum atomic E-state index is -0.294. The van der Waals surface area contributed by atoms with Gasteiger partial charge in [0.15, 0.2) is 0 Å². The summed E-state index contributed by atoms with van der Waals surface area (Å²) in [4.78, 5) is 33.6. The maximum Gasteiger partial charge on any atom is 0.229 e. The zero-order chi connectivity index (χ0) is 19.7. The topological polar surface area (TPSA) is 62.6 Å². The van der Waals surface area contributed by atoms with Crippen LogP contribution in [-0.4, -0.2) is 28.4 Å². The number of carbonyl (C=O) groups excluding carboxylic acids is 2. The number of hydrogen-bond donors (Lipinski definition) is 0. The molecule has 3 aromatic rings. The van der Waals surface area contributed by atoms with Crippen LogP contribution in [0.1, 0.15) is 24.1 Å². The number of halogens is 1. The highest BCUT2D eigenvalue weighted by Gasteiger charge is 2.28. The largest absolute Gasteiger partial charge is 0.295 e.